The molecule has 106 valence electrons. The molecule has 0 aliphatic heterocycles. The van der Waals surface area contributed by atoms with Crippen LogP contribution in [0.3, 0.4) is 0 Å². The van der Waals surface area contributed by atoms with Crippen LogP contribution in [0.4, 0.5) is 11.4 Å². The highest BCUT2D eigenvalue weighted by Gasteiger charge is 2.08. The Bertz CT molecular complexity index is 607. The summed E-state index contributed by atoms with van der Waals surface area (Å²) in [6, 6.07) is 5.00. The fourth-order valence-corrected chi connectivity index (χ4v) is 1.81. The van der Waals surface area contributed by atoms with E-state index >= 15 is 0 Å². The van der Waals surface area contributed by atoms with Gasteiger partial charge in [0.1, 0.15) is 0 Å². The lowest BCUT2D eigenvalue weighted by atomic mass is 10.1. The molecule has 1 aromatic carbocycles. The van der Waals surface area contributed by atoms with Crippen LogP contribution in [-0.2, 0) is 17.8 Å². The van der Waals surface area contributed by atoms with E-state index in [1.165, 1.54) is 7.11 Å². The molecule has 0 saturated heterocycles. The highest BCUT2D eigenvalue weighted by molar-refractivity contribution is 5.91. The highest BCUT2D eigenvalue weighted by atomic mass is 16.5. The van der Waals surface area contributed by atoms with Gasteiger partial charge in [-0.25, -0.2) is 9.78 Å². The van der Waals surface area contributed by atoms with Gasteiger partial charge in [-0.3, -0.25) is 0 Å². The number of methoxy groups -OCH3 is 1. The molecule has 0 unspecified atom stereocenters. The summed E-state index contributed by atoms with van der Waals surface area (Å²) in [5.74, 6) is -0.386. The lowest BCUT2D eigenvalue weighted by molar-refractivity contribution is 0.0601. The lowest BCUT2D eigenvalue weighted by Gasteiger charge is -2.09. The van der Waals surface area contributed by atoms with Crippen molar-refractivity contribution in [1.82, 2.24) is 9.55 Å². The molecule has 3 N–H and O–H groups in total. The first kappa shape index (κ1) is 13.9. The summed E-state index contributed by atoms with van der Waals surface area (Å²) in [6.45, 7) is 3.48. The number of nitrogens with two attached hydrogens (primary N) is 1. The summed E-state index contributed by atoms with van der Waals surface area (Å²) in [5.41, 5.74) is 8.53. The Kier molecular flexibility index (Phi) is 4.24. The first-order valence-corrected chi connectivity index (χ1v) is 6.36. The fourth-order valence-electron chi connectivity index (χ4n) is 1.81. The molecular weight excluding hydrogens is 256 g/mol. The zero-order chi connectivity index (χ0) is 14.5. The molecule has 6 nitrogen and oxygen atoms in total. The number of ether oxygens (including phenoxy) is 1. The maximum atomic E-state index is 11.5. The molecule has 0 aliphatic carbocycles. The summed E-state index contributed by atoms with van der Waals surface area (Å²) in [5, 5.41) is 3.18. The molecule has 0 saturated carbocycles. The van der Waals surface area contributed by atoms with Crippen LogP contribution in [0.5, 0.6) is 0 Å². The first-order chi connectivity index (χ1) is 9.63. The van der Waals surface area contributed by atoms with Crippen LogP contribution in [0, 0.1) is 0 Å². The maximum absolute atomic E-state index is 11.5. The van der Waals surface area contributed by atoms with Crippen molar-refractivity contribution >= 4 is 17.3 Å². The van der Waals surface area contributed by atoms with Crippen molar-refractivity contribution < 1.29 is 9.53 Å². The average Bonchev–Trinajstić information content (AvgIpc) is 2.93. The third kappa shape index (κ3) is 3.09. The average molecular weight is 274 g/mol. The van der Waals surface area contributed by atoms with Gasteiger partial charge in [0, 0.05) is 12.7 Å². The molecule has 0 bridgehead atoms. The number of imidazole rings is 1. The number of benzene rings is 1. The predicted octanol–water partition coefficient (Wildman–Crippen LogP) is 1.88. The second-order valence-electron chi connectivity index (χ2n) is 4.34. The van der Waals surface area contributed by atoms with Gasteiger partial charge >= 0.3 is 5.97 Å². The minimum absolute atomic E-state index is 0.386. The summed E-state index contributed by atoms with van der Waals surface area (Å²) < 4.78 is 6.68. The number of rotatable bonds is 5. The number of aromatic nitrogens is 2. The van der Waals surface area contributed by atoms with Gasteiger partial charge in [-0.15, -0.1) is 0 Å². The molecule has 0 radical (unpaired) electrons. The molecule has 20 heavy (non-hydrogen) atoms. The van der Waals surface area contributed by atoms with Gasteiger partial charge in [0.2, 0.25) is 0 Å². The Balaban J connectivity index is 2.10. The van der Waals surface area contributed by atoms with Crippen LogP contribution in [0.1, 0.15) is 23.0 Å². The minimum atomic E-state index is -0.386. The molecule has 2 aromatic rings. The van der Waals surface area contributed by atoms with Crippen LogP contribution in [-0.4, -0.2) is 22.6 Å². The van der Waals surface area contributed by atoms with Crippen LogP contribution < -0.4 is 11.1 Å². The van der Waals surface area contributed by atoms with Gasteiger partial charge in [-0.2, -0.15) is 0 Å². The minimum Gasteiger partial charge on any atom is -0.465 e. The summed E-state index contributed by atoms with van der Waals surface area (Å²) in [7, 11) is 1.35. The van der Waals surface area contributed by atoms with E-state index in [-0.39, 0.29) is 5.97 Å². The smallest absolute Gasteiger partial charge is 0.337 e. The van der Waals surface area contributed by atoms with Crippen LogP contribution >= 0.6 is 0 Å². The number of nitrogens with zero attached hydrogens (tertiary/aromatic N) is 2. The number of aryl methyl sites for hydroxylation is 1. The van der Waals surface area contributed by atoms with E-state index in [1.54, 1.807) is 24.5 Å². The number of carbonyl (C=O) groups excluding carboxylic acids is 1. The van der Waals surface area contributed by atoms with Crippen LogP contribution in [0.25, 0.3) is 0 Å². The van der Waals surface area contributed by atoms with Gasteiger partial charge in [0.25, 0.3) is 0 Å². The predicted molar refractivity (Wildman–Crippen MR) is 77.4 cm³/mol. The van der Waals surface area contributed by atoms with Crippen molar-refractivity contribution in [1.29, 1.82) is 0 Å². The Morgan fingerprint density at radius 3 is 2.95 bits per heavy atom. The third-order valence-electron chi connectivity index (χ3n) is 2.99. The lowest BCUT2D eigenvalue weighted by Crippen LogP contribution is -2.06. The zero-order valence-corrected chi connectivity index (χ0v) is 11.6. The number of hydrogen-bond donors (Lipinski definition) is 2. The standard InChI is InChI=1S/C14H18N4O2/c1-3-18-8-11(17-9-18)7-16-13-6-10(14(19)20-2)4-5-12(13)15/h4-6,8-9,16H,3,7,15H2,1-2H3. The number of nitrogen functional groups attached to an aromatic ring is 1. The quantitative estimate of drug-likeness (QED) is 0.642. The molecule has 0 fully saturated rings. The van der Waals surface area contributed by atoms with Crippen LogP contribution in [0.2, 0.25) is 0 Å². The Labute approximate surface area is 117 Å². The van der Waals surface area contributed by atoms with Gasteiger partial charge in [-0.1, -0.05) is 0 Å². The van der Waals surface area contributed by atoms with E-state index in [4.69, 9.17) is 5.73 Å². The molecule has 2 rings (SSSR count). The van der Waals surface area contributed by atoms with E-state index in [9.17, 15) is 4.79 Å². The Hall–Kier alpha value is -2.50. The number of hydrogen-bond acceptors (Lipinski definition) is 5. The largest absolute Gasteiger partial charge is 0.465 e. The van der Waals surface area contributed by atoms with Gasteiger partial charge in [0.05, 0.1) is 42.6 Å². The third-order valence-corrected chi connectivity index (χ3v) is 2.99. The fraction of sp³-hybridized carbons (Fsp3) is 0.286. The first-order valence-electron chi connectivity index (χ1n) is 6.36. The molecule has 6 heteroatoms. The van der Waals surface area contributed by atoms with E-state index in [0.29, 0.717) is 23.5 Å². The molecule has 1 aromatic heterocycles. The molecular formula is C14H18N4O2. The number of nitrogens with one attached hydrogen (secondary N) is 1. The molecule has 1 heterocycles. The normalized spacial score (nSPS) is 10.3. The summed E-state index contributed by atoms with van der Waals surface area (Å²) in [4.78, 5) is 15.8. The number of carbonyl (C=O) groups is 1. The van der Waals surface area contributed by atoms with Crippen LogP contribution in [0.15, 0.2) is 30.7 Å². The van der Waals surface area contributed by atoms with Crippen molar-refractivity contribution in [2.75, 3.05) is 18.2 Å². The Morgan fingerprint density at radius 2 is 2.30 bits per heavy atom. The monoisotopic (exact) mass is 274 g/mol. The summed E-state index contributed by atoms with van der Waals surface area (Å²) >= 11 is 0. The number of anilines is 2. The van der Waals surface area contributed by atoms with E-state index < -0.39 is 0 Å². The SMILES string of the molecule is CCn1cnc(CNc2cc(C(=O)OC)ccc2N)c1. The topological polar surface area (TPSA) is 82.2 Å². The van der Waals surface area contributed by atoms with Crippen molar-refractivity contribution in [3.63, 3.8) is 0 Å². The second kappa shape index (κ2) is 6.10. The van der Waals surface area contributed by atoms with E-state index in [1.807, 2.05) is 10.8 Å². The maximum Gasteiger partial charge on any atom is 0.337 e. The van der Waals surface area contributed by atoms with Gasteiger partial charge < -0.3 is 20.4 Å². The van der Waals surface area contributed by atoms with Gasteiger partial charge in [0.15, 0.2) is 0 Å². The molecule has 0 atom stereocenters. The van der Waals surface area contributed by atoms with Crippen molar-refractivity contribution in [2.24, 2.45) is 0 Å². The second-order valence-corrected chi connectivity index (χ2v) is 4.34. The Morgan fingerprint density at radius 1 is 1.50 bits per heavy atom. The number of esters is 1. The zero-order valence-electron chi connectivity index (χ0n) is 11.6. The van der Waals surface area contributed by atoms with E-state index in [0.717, 1.165) is 12.2 Å². The highest BCUT2D eigenvalue weighted by Crippen LogP contribution is 2.21. The molecule has 0 amide bonds. The van der Waals surface area contributed by atoms with Crippen molar-refractivity contribution in [2.45, 2.75) is 20.0 Å². The van der Waals surface area contributed by atoms with Crippen molar-refractivity contribution in [3.8, 4) is 0 Å². The summed E-state index contributed by atoms with van der Waals surface area (Å²) in [6.07, 6.45) is 3.75. The molecule has 0 aliphatic rings. The van der Waals surface area contributed by atoms with E-state index in [2.05, 4.69) is 22.0 Å². The van der Waals surface area contributed by atoms with Crippen molar-refractivity contribution in [3.05, 3.63) is 42.0 Å². The molecule has 0 spiro atoms. The van der Waals surface area contributed by atoms with Gasteiger partial charge in [-0.05, 0) is 25.1 Å².